The number of allylic oxidation sites excluding steroid dienone is 1. The minimum Gasteiger partial charge on any atom is -0.345 e. The molecule has 0 saturated carbocycles. The summed E-state index contributed by atoms with van der Waals surface area (Å²) >= 11 is 5.70. The molecular formula is C13H14ClN3O. The molecule has 5 heteroatoms. The average molecular weight is 264 g/mol. The van der Waals surface area contributed by atoms with Gasteiger partial charge in [-0.3, -0.25) is 4.79 Å². The molecule has 0 atom stereocenters. The highest BCUT2D eigenvalue weighted by molar-refractivity contribution is 6.30. The second-order valence-corrected chi connectivity index (χ2v) is 5.19. The molecule has 1 heterocycles. The van der Waals surface area contributed by atoms with Gasteiger partial charge in [-0.1, -0.05) is 32.4 Å². The second kappa shape index (κ2) is 5.65. The van der Waals surface area contributed by atoms with Crippen LogP contribution in [0.4, 0.5) is 5.82 Å². The van der Waals surface area contributed by atoms with Crippen LogP contribution >= 0.6 is 11.6 Å². The lowest BCUT2D eigenvalue weighted by Crippen LogP contribution is -2.22. The molecule has 0 amide bonds. The standard InChI is InChI=1S/C13H14ClN3O/c1-13(2,3)12(18)9(6-15)7-16-11-5-4-10(14)8-17-11/h4-5,7-8H,1-3H3,(H,16,17)/b9-7+. The van der Waals surface area contributed by atoms with Crippen molar-refractivity contribution < 1.29 is 4.79 Å². The number of hydrogen-bond donors (Lipinski definition) is 1. The number of rotatable bonds is 3. The number of aromatic nitrogens is 1. The van der Waals surface area contributed by atoms with E-state index in [2.05, 4.69) is 10.3 Å². The fraction of sp³-hybridized carbons (Fsp3) is 0.308. The third kappa shape index (κ3) is 3.86. The van der Waals surface area contributed by atoms with Crippen molar-refractivity contribution >= 4 is 23.2 Å². The van der Waals surface area contributed by atoms with Crippen LogP contribution in [-0.2, 0) is 4.79 Å². The maximum Gasteiger partial charge on any atom is 0.180 e. The summed E-state index contributed by atoms with van der Waals surface area (Å²) in [6.45, 7) is 5.29. The van der Waals surface area contributed by atoms with Gasteiger partial charge in [0.05, 0.1) is 5.02 Å². The molecule has 0 aliphatic carbocycles. The van der Waals surface area contributed by atoms with Crippen molar-refractivity contribution in [3.05, 3.63) is 35.1 Å². The topological polar surface area (TPSA) is 65.8 Å². The fourth-order valence-electron chi connectivity index (χ4n) is 1.16. The van der Waals surface area contributed by atoms with Gasteiger partial charge in [0.25, 0.3) is 0 Å². The molecule has 1 N–H and O–H groups in total. The van der Waals surface area contributed by atoms with Crippen LogP contribution in [0.3, 0.4) is 0 Å². The quantitative estimate of drug-likeness (QED) is 0.672. The van der Waals surface area contributed by atoms with Crippen LogP contribution in [0.15, 0.2) is 30.1 Å². The van der Waals surface area contributed by atoms with Crippen LogP contribution in [0.5, 0.6) is 0 Å². The molecule has 0 aliphatic rings. The number of halogens is 1. The van der Waals surface area contributed by atoms with Crippen LogP contribution in [0, 0.1) is 16.7 Å². The van der Waals surface area contributed by atoms with Gasteiger partial charge < -0.3 is 5.32 Å². The van der Waals surface area contributed by atoms with Gasteiger partial charge in [-0.25, -0.2) is 4.98 Å². The first-order valence-electron chi connectivity index (χ1n) is 5.38. The van der Waals surface area contributed by atoms with Gasteiger partial charge in [0.1, 0.15) is 17.5 Å². The highest BCUT2D eigenvalue weighted by Gasteiger charge is 2.24. The lowest BCUT2D eigenvalue weighted by molar-refractivity contribution is -0.122. The maximum atomic E-state index is 11.9. The summed E-state index contributed by atoms with van der Waals surface area (Å²) in [5, 5.41) is 12.3. The van der Waals surface area contributed by atoms with Gasteiger partial charge in [0.2, 0.25) is 0 Å². The van der Waals surface area contributed by atoms with E-state index in [0.717, 1.165) is 0 Å². The summed E-state index contributed by atoms with van der Waals surface area (Å²) < 4.78 is 0. The molecule has 0 radical (unpaired) electrons. The molecule has 94 valence electrons. The molecule has 18 heavy (non-hydrogen) atoms. The Labute approximate surface area is 111 Å². The first-order chi connectivity index (χ1) is 8.34. The normalized spacial score (nSPS) is 11.8. The number of pyridine rings is 1. The Balaban J connectivity index is 2.85. The fourth-order valence-corrected chi connectivity index (χ4v) is 1.27. The van der Waals surface area contributed by atoms with Crippen molar-refractivity contribution in [2.75, 3.05) is 5.32 Å². The van der Waals surface area contributed by atoms with E-state index in [0.29, 0.717) is 10.8 Å². The Morgan fingerprint density at radius 3 is 2.61 bits per heavy atom. The summed E-state index contributed by atoms with van der Waals surface area (Å²) in [4.78, 5) is 15.9. The monoisotopic (exact) mass is 263 g/mol. The van der Waals surface area contributed by atoms with Crippen molar-refractivity contribution in [3.63, 3.8) is 0 Å². The molecule has 0 spiro atoms. The van der Waals surface area contributed by atoms with E-state index >= 15 is 0 Å². The molecule has 0 bridgehead atoms. The first kappa shape index (κ1) is 14.2. The molecule has 0 aromatic carbocycles. The van der Waals surface area contributed by atoms with Crippen LogP contribution in [0.25, 0.3) is 0 Å². The highest BCUT2D eigenvalue weighted by atomic mass is 35.5. The predicted molar refractivity (Wildman–Crippen MR) is 71.0 cm³/mol. The van der Waals surface area contributed by atoms with Crippen molar-refractivity contribution in [3.8, 4) is 6.07 Å². The minimum absolute atomic E-state index is 0.0688. The van der Waals surface area contributed by atoms with Crippen LogP contribution in [0.2, 0.25) is 5.02 Å². The zero-order chi connectivity index (χ0) is 13.8. The summed E-state index contributed by atoms with van der Waals surface area (Å²) in [5.41, 5.74) is -0.518. The van der Waals surface area contributed by atoms with E-state index in [1.54, 1.807) is 32.9 Å². The van der Waals surface area contributed by atoms with Crippen LogP contribution in [-0.4, -0.2) is 10.8 Å². The predicted octanol–water partition coefficient (Wildman–Crippen LogP) is 3.17. The van der Waals surface area contributed by atoms with Gasteiger partial charge in [-0.2, -0.15) is 5.26 Å². The van der Waals surface area contributed by atoms with Crippen LogP contribution < -0.4 is 5.32 Å². The average Bonchev–Trinajstić information content (AvgIpc) is 2.31. The van der Waals surface area contributed by atoms with Gasteiger partial charge >= 0.3 is 0 Å². The van der Waals surface area contributed by atoms with E-state index in [9.17, 15) is 4.79 Å². The summed E-state index contributed by atoms with van der Waals surface area (Å²) in [5.74, 6) is 0.306. The number of carbonyl (C=O) groups is 1. The summed E-state index contributed by atoms with van der Waals surface area (Å²) in [6, 6.07) is 5.22. The molecule has 0 saturated heterocycles. The van der Waals surface area contributed by atoms with E-state index in [-0.39, 0.29) is 11.4 Å². The van der Waals surface area contributed by atoms with E-state index in [1.807, 2.05) is 6.07 Å². The van der Waals surface area contributed by atoms with Crippen molar-refractivity contribution in [1.82, 2.24) is 4.98 Å². The number of hydrogen-bond acceptors (Lipinski definition) is 4. The van der Waals surface area contributed by atoms with Gasteiger partial charge in [0, 0.05) is 17.8 Å². The third-order valence-electron chi connectivity index (χ3n) is 2.14. The molecule has 4 nitrogen and oxygen atoms in total. The SMILES string of the molecule is CC(C)(C)C(=O)/C(C#N)=C/Nc1ccc(Cl)cn1. The van der Waals surface area contributed by atoms with Gasteiger partial charge in [-0.05, 0) is 12.1 Å². The van der Waals surface area contributed by atoms with Gasteiger partial charge in [0.15, 0.2) is 5.78 Å². The molecule has 0 fully saturated rings. The maximum absolute atomic E-state index is 11.9. The smallest absolute Gasteiger partial charge is 0.180 e. The zero-order valence-electron chi connectivity index (χ0n) is 10.5. The Kier molecular flexibility index (Phi) is 4.46. The Morgan fingerprint density at radius 1 is 1.50 bits per heavy atom. The minimum atomic E-state index is -0.587. The second-order valence-electron chi connectivity index (χ2n) is 4.75. The summed E-state index contributed by atoms with van der Waals surface area (Å²) in [7, 11) is 0. The number of nitrogens with zero attached hydrogens (tertiary/aromatic N) is 2. The molecule has 0 aliphatic heterocycles. The van der Waals surface area contributed by atoms with Crippen molar-refractivity contribution in [2.45, 2.75) is 20.8 Å². The van der Waals surface area contributed by atoms with E-state index in [1.165, 1.54) is 12.4 Å². The number of nitriles is 1. The highest BCUT2D eigenvalue weighted by Crippen LogP contribution is 2.19. The number of nitrogens with one attached hydrogen (secondary N) is 1. The Bertz CT molecular complexity index is 507. The molecule has 1 aromatic rings. The number of ketones is 1. The van der Waals surface area contributed by atoms with E-state index in [4.69, 9.17) is 16.9 Å². The van der Waals surface area contributed by atoms with E-state index < -0.39 is 5.41 Å². The first-order valence-corrected chi connectivity index (χ1v) is 5.75. The molecular weight excluding hydrogens is 250 g/mol. The number of anilines is 1. The third-order valence-corrected chi connectivity index (χ3v) is 2.36. The molecule has 1 rings (SSSR count). The summed E-state index contributed by atoms with van der Waals surface area (Å²) in [6.07, 6.45) is 2.85. The molecule has 1 aromatic heterocycles. The number of Topliss-reactive ketones (excluding diaryl/α,β-unsaturated/α-hetero) is 1. The largest absolute Gasteiger partial charge is 0.345 e. The lowest BCUT2D eigenvalue weighted by atomic mass is 9.87. The zero-order valence-corrected chi connectivity index (χ0v) is 11.2. The number of carbonyl (C=O) groups excluding carboxylic acids is 1. The van der Waals surface area contributed by atoms with Crippen molar-refractivity contribution in [2.24, 2.45) is 5.41 Å². The van der Waals surface area contributed by atoms with Crippen molar-refractivity contribution in [1.29, 1.82) is 5.26 Å². The molecule has 0 unspecified atom stereocenters. The lowest BCUT2D eigenvalue weighted by Gasteiger charge is -2.15. The van der Waals surface area contributed by atoms with Gasteiger partial charge in [-0.15, -0.1) is 0 Å². The Morgan fingerprint density at radius 2 is 2.17 bits per heavy atom. The Hall–Kier alpha value is -1.86. The van der Waals surface area contributed by atoms with Crippen LogP contribution in [0.1, 0.15) is 20.8 Å².